The van der Waals surface area contributed by atoms with Crippen LogP contribution >= 0.6 is 0 Å². The van der Waals surface area contributed by atoms with Gasteiger partial charge in [0.1, 0.15) is 0 Å². The summed E-state index contributed by atoms with van der Waals surface area (Å²) in [5.74, 6) is 0.0386. The van der Waals surface area contributed by atoms with E-state index in [1.807, 2.05) is 26.8 Å². The predicted molar refractivity (Wildman–Crippen MR) is 69.9 cm³/mol. The normalized spacial score (nSPS) is 22.4. The number of carbonyl (C=O) groups excluding carboxylic acids is 1. The zero-order chi connectivity index (χ0) is 13.5. The van der Waals surface area contributed by atoms with Gasteiger partial charge < -0.3 is 10.2 Å². The van der Waals surface area contributed by atoms with Crippen LogP contribution in [0.4, 0.5) is 0 Å². The van der Waals surface area contributed by atoms with Crippen molar-refractivity contribution in [3.63, 3.8) is 0 Å². The van der Waals surface area contributed by atoms with E-state index in [1.165, 1.54) is 0 Å². The van der Waals surface area contributed by atoms with Crippen LogP contribution in [-0.4, -0.2) is 29.2 Å². The van der Waals surface area contributed by atoms with Gasteiger partial charge >= 0.3 is 0 Å². The van der Waals surface area contributed by atoms with E-state index in [9.17, 15) is 9.90 Å². The molecule has 0 unspecified atom stereocenters. The number of hydrogen-bond acceptors (Lipinski definition) is 3. The lowest BCUT2D eigenvalue weighted by Crippen LogP contribution is -2.28. The highest BCUT2D eigenvalue weighted by molar-refractivity contribution is 6.06. The standard InChI is InChI=1S/C15H20O3/c1-9-6-11-7-15(3,8-17)14(18)13(11)10(2)12(9)4-5-16/h6,16-17H,4-5,7-8H2,1-3H3/t15-/m0/s1. The first-order valence-electron chi connectivity index (χ1n) is 6.33. The van der Waals surface area contributed by atoms with Crippen LogP contribution in [0.25, 0.3) is 0 Å². The number of rotatable bonds is 3. The fourth-order valence-corrected chi connectivity index (χ4v) is 2.99. The molecule has 1 aromatic rings. The van der Waals surface area contributed by atoms with E-state index in [4.69, 9.17) is 5.11 Å². The van der Waals surface area contributed by atoms with Crippen LogP contribution < -0.4 is 0 Å². The van der Waals surface area contributed by atoms with E-state index in [-0.39, 0.29) is 19.0 Å². The van der Waals surface area contributed by atoms with Crippen molar-refractivity contribution in [3.05, 3.63) is 33.9 Å². The van der Waals surface area contributed by atoms with Gasteiger partial charge in [0.05, 0.1) is 12.0 Å². The SMILES string of the molecule is Cc1cc2c(c(C)c1CCO)C(=O)[C@](C)(CO)C2. The largest absolute Gasteiger partial charge is 0.396 e. The summed E-state index contributed by atoms with van der Waals surface area (Å²) in [7, 11) is 0. The molecule has 0 aliphatic heterocycles. The van der Waals surface area contributed by atoms with E-state index < -0.39 is 5.41 Å². The van der Waals surface area contributed by atoms with Gasteiger partial charge in [-0.15, -0.1) is 0 Å². The summed E-state index contributed by atoms with van der Waals surface area (Å²) in [6.45, 7) is 5.74. The van der Waals surface area contributed by atoms with Crippen LogP contribution in [0, 0.1) is 19.3 Å². The third-order valence-electron chi connectivity index (χ3n) is 4.08. The van der Waals surface area contributed by atoms with Crippen molar-refractivity contribution in [1.29, 1.82) is 0 Å². The molecule has 0 amide bonds. The van der Waals surface area contributed by atoms with Gasteiger partial charge in [0.15, 0.2) is 5.78 Å². The number of benzene rings is 1. The van der Waals surface area contributed by atoms with Crippen LogP contribution in [0.15, 0.2) is 6.07 Å². The lowest BCUT2D eigenvalue weighted by molar-refractivity contribution is 0.0722. The highest BCUT2D eigenvalue weighted by Gasteiger charge is 2.42. The predicted octanol–water partition coefficient (Wildman–Crippen LogP) is 1.58. The maximum absolute atomic E-state index is 12.4. The molecule has 1 atom stereocenters. The summed E-state index contributed by atoms with van der Waals surface area (Å²) in [6.07, 6.45) is 1.19. The van der Waals surface area contributed by atoms with Gasteiger partial charge in [0.2, 0.25) is 0 Å². The molecule has 18 heavy (non-hydrogen) atoms. The Kier molecular flexibility index (Phi) is 3.30. The molecule has 3 nitrogen and oxygen atoms in total. The fraction of sp³-hybridized carbons (Fsp3) is 0.533. The quantitative estimate of drug-likeness (QED) is 0.853. The van der Waals surface area contributed by atoms with Gasteiger partial charge in [-0.05, 0) is 55.9 Å². The number of aliphatic hydroxyl groups is 2. The molecule has 2 N–H and O–H groups in total. The fourth-order valence-electron chi connectivity index (χ4n) is 2.99. The number of hydrogen-bond donors (Lipinski definition) is 2. The van der Waals surface area contributed by atoms with E-state index in [0.29, 0.717) is 12.8 Å². The maximum Gasteiger partial charge on any atom is 0.171 e. The molecule has 0 bridgehead atoms. The topological polar surface area (TPSA) is 57.5 Å². The molecule has 0 radical (unpaired) electrons. The summed E-state index contributed by atoms with van der Waals surface area (Å²) in [5, 5.41) is 18.5. The molecule has 0 saturated heterocycles. The Morgan fingerprint density at radius 2 is 2.00 bits per heavy atom. The van der Waals surface area contributed by atoms with Crippen LogP contribution in [-0.2, 0) is 12.8 Å². The lowest BCUT2D eigenvalue weighted by atomic mass is 9.86. The Labute approximate surface area is 107 Å². The van der Waals surface area contributed by atoms with Gasteiger partial charge in [-0.3, -0.25) is 4.79 Å². The Morgan fingerprint density at radius 3 is 2.56 bits per heavy atom. The second kappa shape index (κ2) is 4.48. The zero-order valence-electron chi connectivity index (χ0n) is 11.2. The summed E-state index contributed by atoms with van der Waals surface area (Å²) in [5.41, 5.74) is 4.29. The van der Waals surface area contributed by atoms with Crippen molar-refractivity contribution in [2.75, 3.05) is 13.2 Å². The van der Waals surface area contributed by atoms with Crippen LogP contribution in [0.5, 0.6) is 0 Å². The summed E-state index contributed by atoms with van der Waals surface area (Å²) < 4.78 is 0. The average molecular weight is 248 g/mol. The monoisotopic (exact) mass is 248 g/mol. The molecule has 1 aromatic carbocycles. The molecule has 0 saturated carbocycles. The molecule has 2 rings (SSSR count). The highest BCUT2D eigenvalue weighted by atomic mass is 16.3. The molecular formula is C15H20O3. The lowest BCUT2D eigenvalue weighted by Gasteiger charge is -2.17. The average Bonchev–Trinajstić information content (AvgIpc) is 2.58. The van der Waals surface area contributed by atoms with Crippen LogP contribution in [0.3, 0.4) is 0 Å². The van der Waals surface area contributed by atoms with E-state index in [0.717, 1.165) is 27.8 Å². The van der Waals surface area contributed by atoms with E-state index in [2.05, 4.69) is 0 Å². The van der Waals surface area contributed by atoms with Crippen molar-refractivity contribution >= 4 is 5.78 Å². The molecule has 1 aliphatic carbocycles. The third-order valence-corrected chi connectivity index (χ3v) is 4.08. The second-order valence-electron chi connectivity index (χ2n) is 5.53. The summed E-state index contributed by atoms with van der Waals surface area (Å²) in [4.78, 5) is 12.4. The molecule has 1 aliphatic rings. The van der Waals surface area contributed by atoms with Gasteiger partial charge in [-0.1, -0.05) is 6.07 Å². The van der Waals surface area contributed by atoms with Crippen LogP contribution in [0.2, 0.25) is 0 Å². The summed E-state index contributed by atoms with van der Waals surface area (Å²) >= 11 is 0. The minimum atomic E-state index is -0.669. The summed E-state index contributed by atoms with van der Waals surface area (Å²) in [6, 6.07) is 2.03. The van der Waals surface area contributed by atoms with Crippen molar-refractivity contribution in [2.24, 2.45) is 5.41 Å². The van der Waals surface area contributed by atoms with E-state index >= 15 is 0 Å². The van der Waals surface area contributed by atoms with Gasteiger partial charge in [0, 0.05) is 12.2 Å². The highest BCUT2D eigenvalue weighted by Crippen LogP contribution is 2.39. The third kappa shape index (κ3) is 1.78. The zero-order valence-corrected chi connectivity index (χ0v) is 11.2. The minimum Gasteiger partial charge on any atom is -0.396 e. The Balaban J connectivity index is 2.59. The van der Waals surface area contributed by atoms with Gasteiger partial charge in [-0.2, -0.15) is 0 Å². The second-order valence-corrected chi connectivity index (χ2v) is 5.53. The molecule has 0 heterocycles. The molecule has 0 aromatic heterocycles. The Morgan fingerprint density at radius 1 is 1.33 bits per heavy atom. The van der Waals surface area contributed by atoms with Gasteiger partial charge in [0.25, 0.3) is 0 Å². The molecule has 98 valence electrons. The molecule has 0 fully saturated rings. The first-order chi connectivity index (χ1) is 8.44. The molecular weight excluding hydrogens is 228 g/mol. The number of Topliss-reactive ketones (excluding diaryl/α,β-unsaturated/α-hetero) is 1. The van der Waals surface area contributed by atoms with Gasteiger partial charge in [-0.25, -0.2) is 0 Å². The minimum absolute atomic E-state index is 0.0386. The van der Waals surface area contributed by atoms with E-state index in [1.54, 1.807) is 0 Å². The van der Waals surface area contributed by atoms with Crippen molar-refractivity contribution in [3.8, 4) is 0 Å². The first kappa shape index (κ1) is 13.2. The number of ketones is 1. The molecule has 3 heteroatoms. The number of aliphatic hydroxyl groups excluding tert-OH is 2. The van der Waals surface area contributed by atoms with Crippen molar-refractivity contribution in [2.45, 2.75) is 33.6 Å². The number of aryl methyl sites for hydroxylation is 1. The number of carbonyl (C=O) groups is 1. The first-order valence-corrected chi connectivity index (χ1v) is 6.33. The van der Waals surface area contributed by atoms with Crippen LogP contribution in [0.1, 0.15) is 39.5 Å². The Hall–Kier alpha value is -1.19. The smallest absolute Gasteiger partial charge is 0.171 e. The van der Waals surface area contributed by atoms with Crippen molar-refractivity contribution in [1.82, 2.24) is 0 Å². The molecule has 0 spiro atoms. The number of fused-ring (bicyclic) bond motifs is 1. The Bertz CT molecular complexity index is 505. The van der Waals surface area contributed by atoms with Crippen molar-refractivity contribution < 1.29 is 15.0 Å². The maximum atomic E-state index is 12.4.